The lowest BCUT2D eigenvalue weighted by Gasteiger charge is -2.14. The lowest BCUT2D eigenvalue weighted by molar-refractivity contribution is -0.162. The third kappa shape index (κ3) is 3.22. The van der Waals surface area contributed by atoms with Gasteiger partial charge >= 0.3 is 6.18 Å². The monoisotopic (exact) mass is 196 g/mol. The lowest BCUT2D eigenvalue weighted by Crippen LogP contribution is -2.50. The first-order valence-corrected chi connectivity index (χ1v) is 4.01. The van der Waals surface area contributed by atoms with Gasteiger partial charge in [0.25, 0.3) is 0 Å². The van der Waals surface area contributed by atoms with E-state index in [4.69, 9.17) is 0 Å². The quantitative estimate of drug-likeness (QED) is 0.686. The second-order valence-electron chi connectivity index (χ2n) is 3.21. The van der Waals surface area contributed by atoms with Crippen LogP contribution in [-0.4, -0.2) is 24.7 Å². The first kappa shape index (κ1) is 10.3. The van der Waals surface area contributed by atoms with Crippen molar-refractivity contribution in [2.75, 3.05) is 6.54 Å². The van der Waals surface area contributed by atoms with Crippen LogP contribution in [0.2, 0.25) is 0 Å². The van der Waals surface area contributed by atoms with Crippen LogP contribution in [0.3, 0.4) is 0 Å². The molecule has 0 saturated heterocycles. The molecule has 13 heavy (non-hydrogen) atoms. The molecular weight excluding hydrogens is 185 g/mol. The maximum Gasteiger partial charge on any atom is 0.412 e. The molecule has 0 heterocycles. The Labute approximate surface area is 73.5 Å². The number of hydrogen-bond donors (Lipinski definition) is 2. The molecule has 0 spiro atoms. The highest BCUT2D eigenvalue weighted by atomic mass is 19.4. The molecule has 1 aliphatic carbocycles. The average Bonchev–Trinajstić information content (AvgIpc) is 2.80. The number of carbonyl (C=O) groups excluding carboxylic acids is 1. The van der Waals surface area contributed by atoms with Crippen molar-refractivity contribution in [3.8, 4) is 0 Å². The van der Waals surface area contributed by atoms with Gasteiger partial charge in [-0.2, -0.15) is 13.2 Å². The molecule has 6 heteroatoms. The third-order valence-corrected chi connectivity index (χ3v) is 1.90. The molecule has 76 valence electrons. The van der Waals surface area contributed by atoms with Crippen molar-refractivity contribution in [3.05, 3.63) is 0 Å². The lowest BCUT2D eigenvalue weighted by atomic mass is 10.3. The molecule has 1 fully saturated rings. The van der Waals surface area contributed by atoms with Crippen LogP contribution in [-0.2, 0) is 4.79 Å². The number of hydrogen-bond acceptors (Lipinski definition) is 2. The number of halogens is 3. The Balaban J connectivity index is 2.28. The number of rotatable bonds is 3. The highest BCUT2D eigenvalue weighted by molar-refractivity contribution is 5.82. The summed E-state index contributed by atoms with van der Waals surface area (Å²) in [6.45, 7) is 0.308. The SMILES string of the molecule is NC(C(=O)NCC1CC1)C(F)(F)F. The van der Waals surface area contributed by atoms with Gasteiger partial charge in [0, 0.05) is 6.54 Å². The summed E-state index contributed by atoms with van der Waals surface area (Å²) in [5.41, 5.74) is 4.66. The van der Waals surface area contributed by atoms with E-state index in [2.05, 4.69) is 11.1 Å². The predicted molar refractivity (Wildman–Crippen MR) is 39.8 cm³/mol. The van der Waals surface area contributed by atoms with E-state index in [0.717, 1.165) is 12.8 Å². The molecule has 1 unspecified atom stereocenters. The van der Waals surface area contributed by atoms with Crippen LogP contribution in [0.15, 0.2) is 0 Å². The predicted octanol–water partition coefficient (Wildman–Crippen LogP) is 0.402. The zero-order valence-corrected chi connectivity index (χ0v) is 6.90. The largest absolute Gasteiger partial charge is 0.412 e. The molecular formula is C7H11F3N2O. The molecule has 0 bridgehead atoms. The molecule has 1 atom stereocenters. The van der Waals surface area contributed by atoms with Crippen LogP contribution in [0.1, 0.15) is 12.8 Å². The van der Waals surface area contributed by atoms with Crippen LogP contribution in [0, 0.1) is 5.92 Å². The van der Waals surface area contributed by atoms with Crippen molar-refractivity contribution < 1.29 is 18.0 Å². The fourth-order valence-electron chi connectivity index (χ4n) is 0.826. The van der Waals surface area contributed by atoms with Gasteiger partial charge in [-0.25, -0.2) is 0 Å². The number of nitrogens with two attached hydrogens (primary N) is 1. The van der Waals surface area contributed by atoms with E-state index in [9.17, 15) is 18.0 Å². The van der Waals surface area contributed by atoms with Gasteiger partial charge < -0.3 is 11.1 Å². The topological polar surface area (TPSA) is 55.1 Å². The second kappa shape index (κ2) is 3.53. The molecule has 1 saturated carbocycles. The van der Waals surface area contributed by atoms with E-state index in [-0.39, 0.29) is 0 Å². The first-order valence-electron chi connectivity index (χ1n) is 4.01. The summed E-state index contributed by atoms with van der Waals surface area (Å²) in [6, 6.07) is -2.40. The molecule has 1 rings (SSSR count). The number of alkyl halides is 3. The fraction of sp³-hybridized carbons (Fsp3) is 0.857. The van der Waals surface area contributed by atoms with Gasteiger partial charge in [-0.3, -0.25) is 4.79 Å². The summed E-state index contributed by atoms with van der Waals surface area (Å²) in [7, 11) is 0. The van der Waals surface area contributed by atoms with Gasteiger partial charge in [0.2, 0.25) is 5.91 Å². The number of amides is 1. The first-order chi connectivity index (χ1) is 5.91. The van der Waals surface area contributed by atoms with Crippen molar-refractivity contribution in [1.29, 1.82) is 0 Å². The summed E-state index contributed by atoms with van der Waals surface area (Å²) < 4.78 is 35.6. The molecule has 3 N–H and O–H groups in total. The third-order valence-electron chi connectivity index (χ3n) is 1.90. The van der Waals surface area contributed by atoms with Crippen molar-refractivity contribution in [2.45, 2.75) is 25.1 Å². The van der Waals surface area contributed by atoms with E-state index in [0.29, 0.717) is 12.5 Å². The molecule has 3 nitrogen and oxygen atoms in total. The van der Waals surface area contributed by atoms with Crippen LogP contribution in [0.4, 0.5) is 13.2 Å². The van der Waals surface area contributed by atoms with Crippen LogP contribution in [0.25, 0.3) is 0 Å². The summed E-state index contributed by atoms with van der Waals surface area (Å²) >= 11 is 0. The summed E-state index contributed by atoms with van der Waals surface area (Å²) in [5, 5.41) is 2.17. The van der Waals surface area contributed by atoms with Gasteiger partial charge in [0.05, 0.1) is 0 Å². The Morgan fingerprint density at radius 1 is 1.54 bits per heavy atom. The Kier molecular flexibility index (Phi) is 2.80. The highest BCUT2D eigenvalue weighted by Crippen LogP contribution is 2.27. The van der Waals surface area contributed by atoms with Gasteiger partial charge in [-0.1, -0.05) is 0 Å². The Morgan fingerprint density at radius 3 is 2.46 bits per heavy atom. The van der Waals surface area contributed by atoms with E-state index in [1.807, 2.05) is 0 Å². The molecule has 0 aromatic heterocycles. The number of carbonyl (C=O) groups is 1. The van der Waals surface area contributed by atoms with Crippen LogP contribution in [0.5, 0.6) is 0 Å². The Hall–Kier alpha value is -0.780. The molecule has 0 aromatic rings. The molecule has 0 aromatic carbocycles. The van der Waals surface area contributed by atoms with Gasteiger partial charge in [-0.15, -0.1) is 0 Å². The van der Waals surface area contributed by atoms with E-state index < -0.39 is 18.1 Å². The minimum Gasteiger partial charge on any atom is -0.354 e. The van der Waals surface area contributed by atoms with Crippen molar-refractivity contribution in [1.82, 2.24) is 5.32 Å². The van der Waals surface area contributed by atoms with Crippen molar-refractivity contribution in [3.63, 3.8) is 0 Å². The summed E-state index contributed by atoms with van der Waals surface area (Å²) in [5.74, 6) is -0.788. The normalized spacial score (nSPS) is 19.7. The Morgan fingerprint density at radius 2 is 2.08 bits per heavy atom. The summed E-state index contributed by atoms with van der Waals surface area (Å²) in [6.07, 6.45) is -2.70. The van der Waals surface area contributed by atoms with Gasteiger partial charge in [-0.05, 0) is 18.8 Å². The highest BCUT2D eigenvalue weighted by Gasteiger charge is 2.42. The van der Waals surface area contributed by atoms with Crippen LogP contribution < -0.4 is 11.1 Å². The smallest absolute Gasteiger partial charge is 0.354 e. The molecule has 1 aliphatic rings. The van der Waals surface area contributed by atoms with E-state index >= 15 is 0 Å². The minimum atomic E-state index is -4.65. The standard InChI is InChI=1S/C7H11F3N2O/c8-7(9,10)5(11)6(13)12-3-4-1-2-4/h4-5H,1-3,11H2,(H,12,13). The fourth-order valence-corrected chi connectivity index (χ4v) is 0.826. The van der Waals surface area contributed by atoms with Gasteiger partial charge in [0.15, 0.2) is 6.04 Å². The molecule has 1 amide bonds. The van der Waals surface area contributed by atoms with E-state index in [1.165, 1.54) is 0 Å². The maximum atomic E-state index is 11.9. The molecule has 0 radical (unpaired) electrons. The second-order valence-corrected chi connectivity index (χ2v) is 3.21. The van der Waals surface area contributed by atoms with Crippen LogP contribution >= 0.6 is 0 Å². The average molecular weight is 196 g/mol. The zero-order valence-electron chi connectivity index (χ0n) is 6.90. The van der Waals surface area contributed by atoms with Crippen molar-refractivity contribution in [2.24, 2.45) is 11.7 Å². The van der Waals surface area contributed by atoms with Crippen molar-refractivity contribution >= 4 is 5.91 Å². The van der Waals surface area contributed by atoms with E-state index in [1.54, 1.807) is 0 Å². The zero-order chi connectivity index (χ0) is 10.1. The van der Waals surface area contributed by atoms with Gasteiger partial charge in [0.1, 0.15) is 0 Å². The number of nitrogens with one attached hydrogen (secondary N) is 1. The Bertz CT molecular complexity index is 200. The summed E-state index contributed by atoms with van der Waals surface area (Å²) in [4.78, 5) is 10.8. The molecule has 0 aliphatic heterocycles. The minimum absolute atomic E-state index is 0.308. The maximum absolute atomic E-state index is 11.9.